The predicted octanol–water partition coefficient (Wildman–Crippen LogP) is 2.80. The first kappa shape index (κ1) is 16.5. The Hall–Kier alpha value is -1.99. The molecular formula is C18H22N4O2S. The van der Waals surface area contributed by atoms with E-state index in [0.29, 0.717) is 12.0 Å². The number of carbonyl (C=O) groups is 1. The van der Waals surface area contributed by atoms with Gasteiger partial charge in [0.15, 0.2) is 0 Å². The number of nitrogens with zero attached hydrogens (tertiary/aromatic N) is 3. The summed E-state index contributed by atoms with van der Waals surface area (Å²) in [6.45, 7) is 2.25. The SMILES string of the molecule is O=C(c1ccsc1)N1CCC2(CC1)C[C@@H](Nc1ncccn1)CCO2. The highest BCUT2D eigenvalue weighted by Crippen LogP contribution is 2.36. The van der Waals surface area contributed by atoms with Crippen LogP contribution >= 0.6 is 11.3 Å². The summed E-state index contributed by atoms with van der Waals surface area (Å²) in [5.41, 5.74) is 0.669. The molecule has 132 valence electrons. The van der Waals surface area contributed by atoms with Gasteiger partial charge in [-0.05, 0) is 43.2 Å². The maximum absolute atomic E-state index is 12.5. The molecule has 0 aliphatic carbocycles. The van der Waals surface area contributed by atoms with Crippen LogP contribution in [0, 0.1) is 0 Å². The molecule has 0 bridgehead atoms. The summed E-state index contributed by atoms with van der Waals surface area (Å²) in [4.78, 5) is 23.0. The minimum Gasteiger partial charge on any atom is -0.375 e. The smallest absolute Gasteiger partial charge is 0.254 e. The van der Waals surface area contributed by atoms with Crippen molar-refractivity contribution >= 4 is 23.2 Å². The summed E-state index contributed by atoms with van der Waals surface area (Å²) in [6, 6.07) is 4.03. The summed E-state index contributed by atoms with van der Waals surface area (Å²) in [5, 5.41) is 7.30. The second-order valence-electron chi connectivity index (χ2n) is 6.74. The van der Waals surface area contributed by atoms with Gasteiger partial charge in [-0.1, -0.05) is 0 Å². The first-order valence-electron chi connectivity index (χ1n) is 8.73. The molecule has 4 heterocycles. The van der Waals surface area contributed by atoms with Crippen LogP contribution in [-0.4, -0.2) is 52.1 Å². The van der Waals surface area contributed by atoms with Crippen molar-refractivity contribution in [3.05, 3.63) is 40.8 Å². The number of aromatic nitrogens is 2. The van der Waals surface area contributed by atoms with E-state index >= 15 is 0 Å². The fourth-order valence-electron chi connectivity index (χ4n) is 3.74. The second kappa shape index (κ2) is 7.09. The van der Waals surface area contributed by atoms with E-state index in [9.17, 15) is 4.79 Å². The monoisotopic (exact) mass is 358 g/mol. The molecular weight excluding hydrogens is 336 g/mol. The molecule has 6 nitrogen and oxygen atoms in total. The molecule has 1 amide bonds. The summed E-state index contributed by atoms with van der Waals surface area (Å²) < 4.78 is 6.18. The highest BCUT2D eigenvalue weighted by molar-refractivity contribution is 7.08. The number of hydrogen-bond donors (Lipinski definition) is 1. The fraction of sp³-hybridized carbons (Fsp3) is 0.500. The number of nitrogens with one attached hydrogen (secondary N) is 1. The maximum atomic E-state index is 12.5. The quantitative estimate of drug-likeness (QED) is 0.914. The van der Waals surface area contributed by atoms with E-state index in [0.717, 1.165) is 50.9 Å². The molecule has 0 saturated carbocycles. The van der Waals surface area contributed by atoms with Crippen LogP contribution < -0.4 is 5.32 Å². The maximum Gasteiger partial charge on any atom is 0.254 e. The van der Waals surface area contributed by atoms with E-state index in [1.807, 2.05) is 27.8 Å². The number of hydrogen-bond acceptors (Lipinski definition) is 6. The number of rotatable bonds is 3. The van der Waals surface area contributed by atoms with Gasteiger partial charge in [0.05, 0.1) is 11.2 Å². The second-order valence-corrected chi connectivity index (χ2v) is 7.52. The van der Waals surface area contributed by atoms with Crippen LogP contribution in [0.5, 0.6) is 0 Å². The van der Waals surface area contributed by atoms with Crippen LogP contribution in [0.3, 0.4) is 0 Å². The molecule has 2 aliphatic rings. The van der Waals surface area contributed by atoms with Gasteiger partial charge in [0.2, 0.25) is 5.95 Å². The van der Waals surface area contributed by atoms with E-state index < -0.39 is 0 Å². The molecule has 25 heavy (non-hydrogen) atoms. The van der Waals surface area contributed by atoms with Gasteiger partial charge in [-0.3, -0.25) is 4.79 Å². The number of piperidine rings is 1. The van der Waals surface area contributed by atoms with Crippen molar-refractivity contribution in [2.45, 2.75) is 37.3 Å². The summed E-state index contributed by atoms with van der Waals surface area (Å²) in [7, 11) is 0. The number of likely N-dealkylation sites (tertiary alicyclic amines) is 1. The van der Waals surface area contributed by atoms with Gasteiger partial charge in [-0.15, -0.1) is 0 Å². The van der Waals surface area contributed by atoms with Gasteiger partial charge < -0.3 is 15.0 Å². The largest absolute Gasteiger partial charge is 0.375 e. The fourth-order valence-corrected chi connectivity index (χ4v) is 4.37. The Morgan fingerprint density at radius 2 is 2.12 bits per heavy atom. The minimum absolute atomic E-state index is 0.129. The van der Waals surface area contributed by atoms with Crippen LogP contribution in [-0.2, 0) is 4.74 Å². The lowest BCUT2D eigenvalue weighted by atomic mass is 9.82. The van der Waals surface area contributed by atoms with E-state index in [-0.39, 0.29) is 11.5 Å². The molecule has 0 unspecified atom stereocenters. The van der Waals surface area contributed by atoms with E-state index in [1.54, 1.807) is 23.7 Å². The molecule has 0 aromatic carbocycles. The molecule has 2 aromatic rings. The number of thiophene rings is 1. The van der Waals surface area contributed by atoms with Crippen molar-refractivity contribution in [1.29, 1.82) is 0 Å². The summed E-state index contributed by atoms with van der Waals surface area (Å²) in [5.74, 6) is 0.814. The van der Waals surface area contributed by atoms with E-state index in [2.05, 4.69) is 15.3 Å². The van der Waals surface area contributed by atoms with E-state index in [4.69, 9.17) is 4.74 Å². The average molecular weight is 358 g/mol. The highest BCUT2D eigenvalue weighted by atomic mass is 32.1. The third kappa shape index (κ3) is 3.67. The number of carbonyl (C=O) groups excluding carboxylic acids is 1. The lowest BCUT2D eigenvalue weighted by Crippen LogP contribution is -2.52. The van der Waals surface area contributed by atoms with Crippen molar-refractivity contribution in [3.8, 4) is 0 Å². The van der Waals surface area contributed by atoms with Crippen molar-refractivity contribution in [2.24, 2.45) is 0 Å². The molecule has 1 atom stereocenters. The molecule has 4 rings (SSSR count). The van der Waals surface area contributed by atoms with Crippen LogP contribution in [0.15, 0.2) is 35.3 Å². The predicted molar refractivity (Wildman–Crippen MR) is 96.8 cm³/mol. The molecule has 2 aliphatic heterocycles. The van der Waals surface area contributed by atoms with Crippen LogP contribution in [0.25, 0.3) is 0 Å². The molecule has 2 fully saturated rings. The van der Waals surface area contributed by atoms with Gasteiger partial charge in [0.1, 0.15) is 0 Å². The Morgan fingerprint density at radius 3 is 2.84 bits per heavy atom. The van der Waals surface area contributed by atoms with Crippen molar-refractivity contribution in [2.75, 3.05) is 25.0 Å². The number of amides is 1. The summed E-state index contributed by atoms with van der Waals surface area (Å²) >= 11 is 1.56. The Morgan fingerprint density at radius 1 is 1.32 bits per heavy atom. The van der Waals surface area contributed by atoms with Crippen LogP contribution in [0.4, 0.5) is 5.95 Å². The lowest BCUT2D eigenvalue weighted by Gasteiger charge is -2.46. The van der Waals surface area contributed by atoms with Gasteiger partial charge in [0, 0.05) is 43.5 Å². The molecule has 1 N–H and O–H groups in total. The normalized spacial score (nSPS) is 22.7. The molecule has 2 aromatic heterocycles. The van der Waals surface area contributed by atoms with Crippen LogP contribution in [0.1, 0.15) is 36.0 Å². The first-order valence-corrected chi connectivity index (χ1v) is 9.67. The third-order valence-corrected chi connectivity index (χ3v) is 5.81. The van der Waals surface area contributed by atoms with Gasteiger partial charge in [-0.2, -0.15) is 11.3 Å². The van der Waals surface area contributed by atoms with Crippen LogP contribution in [0.2, 0.25) is 0 Å². The first-order chi connectivity index (χ1) is 12.2. The Balaban J connectivity index is 1.36. The molecule has 1 spiro atoms. The summed E-state index contributed by atoms with van der Waals surface area (Å²) in [6.07, 6.45) is 7.16. The van der Waals surface area contributed by atoms with Crippen molar-refractivity contribution < 1.29 is 9.53 Å². The van der Waals surface area contributed by atoms with Gasteiger partial charge in [-0.25, -0.2) is 9.97 Å². The van der Waals surface area contributed by atoms with Gasteiger partial charge >= 0.3 is 0 Å². The Kier molecular flexibility index (Phi) is 4.67. The number of anilines is 1. The Labute approximate surface area is 151 Å². The zero-order valence-electron chi connectivity index (χ0n) is 14.1. The van der Waals surface area contributed by atoms with E-state index in [1.165, 1.54) is 0 Å². The zero-order chi connectivity index (χ0) is 17.1. The van der Waals surface area contributed by atoms with Gasteiger partial charge in [0.25, 0.3) is 5.91 Å². The zero-order valence-corrected chi connectivity index (χ0v) is 14.9. The molecule has 7 heteroatoms. The average Bonchev–Trinajstić information content (AvgIpc) is 3.18. The number of ether oxygens (including phenoxy) is 1. The Bertz CT molecular complexity index is 699. The standard InChI is InChI=1S/C18H22N4O2S/c23-16(14-3-11-25-13-14)22-8-4-18(5-9-22)12-15(2-10-24-18)21-17-19-6-1-7-20-17/h1,3,6-7,11,13,15H,2,4-5,8-10,12H2,(H,19,20,21)/t15-/m0/s1. The topological polar surface area (TPSA) is 67.4 Å². The van der Waals surface area contributed by atoms with Crippen molar-refractivity contribution in [3.63, 3.8) is 0 Å². The minimum atomic E-state index is -0.129. The highest BCUT2D eigenvalue weighted by Gasteiger charge is 2.41. The molecule has 2 saturated heterocycles. The molecule has 0 radical (unpaired) electrons. The van der Waals surface area contributed by atoms with Crippen molar-refractivity contribution in [1.82, 2.24) is 14.9 Å². The lowest BCUT2D eigenvalue weighted by molar-refractivity contribution is -0.110. The third-order valence-electron chi connectivity index (χ3n) is 5.12.